The van der Waals surface area contributed by atoms with E-state index in [-0.39, 0.29) is 0 Å². The normalized spacial score (nSPS) is 10.6. The molecule has 86 valence electrons. The number of thioether (sulfide) groups is 1. The maximum atomic E-state index is 5.76. The lowest BCUT2D eigenvalue weighted by Gasteiger charge is -2.03. The molecule has 6 heteroatoms. The second-order valence-corrected chi connectivity index (χ2v) is 5.81. The molecule has 3 nitrogen and oxygen atoms in total. The van der Waals surface area contributed by atoms with Crippen LogP contribution in [0.5, 0.6) is 0 Å². The summed E-state index contributed by atoms with van der Waals surface area (Å²) in [5.41, 5.74) is 5.76. The van der Waals surface area contributed by atoms with Crippen LogP contribution in [0.1, 0.15) is 4.88 Å². The van der Waals surface area contributed by atoms with Crippen LogP contribution in [0, 0.1) is 0 Å². The van der Waals surface area contributed by atoms with Gasteiger partial charge in [0.15, 0.2) is 5.82 Å². The Kier molecular flexibility index (Phi) is 4.09. The predicted molar refractivity (Wildman–Crippen MR) is 74.8 cm³/mol. The Bertz CT molecular complexity index is 436. The summed E-state index contributed by atoms with van der Waals surface area (Å²) in [7, 11) is 0. The average molecular weight is 271 g/mol. The fraction of sp³-hybridized carbons (Fsp3) is 0.300. The van der Waals surface area contributed by atoms with Gasteiger partial charge >= 0.3 is 0 Å². The molecular formula is C10H13N3S3. The van der Waals surface area contributed by atoms with E-state index in [0.29, 0.717) is 5.82 Å². The lowest BCUT2D eigenvalue weighted by Crippen LogP contribution is -2.03. The largest absolute Gasteiger partial charge is 0.382 e. The standard InChI is InChI=1S/C10H13N3S3/c1-14-8-9(11)13-16-10(8)12-5-4-7-3-2-6-15-7/h2-3,6,12H,4-5H2,1H3,(H2,11,13). The molecule has 0 aliphatic rings. The van der Waals surface area contributed by atoms with Gasteiger partial charge in [0.1, 0.15) is 5.00 Å². The molecule has 0 aromatic carbocycles. The van der Waals surface area contributed by atoms with Crippen LogP contribution >= 0.6 is 34.6 Å². The van der Waals surface area contributed by atoms with Crippen molar-refractivity contribution in [1.82, 2.24) is 4.37 Å². The molecule has 0 amide bonds. The zero-order valence-electron chi connectivity index (χ0n) is 8.90. The van der Waals surface area contributed by atoms with Gasteiger partial charge in [-0.2, -0.15) is 4.37 Å². The van der Waals surface area contributed by atoms with E-state index in [1.807, 2.05) is 6.26 Å². The maximum Gasteiger partial charge on any atom is 0.153 e. The zero-order chi connectivity index (χ0) is 11.4. The van der Waals surface area contributed by atoms with Gasteiger partial charge in [0.05, 0.1) is 4.90 Å². The number of nitrogens with zero attached hydrogens (tertiary/aromatic N) is 1. The van der Waals surface area contributed by atoms with Crippen molar-refractivity contribution >= 4 is 45.5 Å². The van der Waals surface area contributed by atoms with Crippen molar-refractivity contribution in [1.29, 1.82) is 0 Å². The van der Waals surface area contributed by atoms with E-state index in [4.69, 9.17) is 5.73 Å². The Balaban J connectivity index is 1.89. The minimum absolute atomic E-state index is 0.635. The fourth-order valence-corrected chi connectivity index (χ4v) is 3.63. The highest BCUT2D eigenvalue weighted by molar-refractivity contribution is 7.99. The minimum atomic E-state index is 0.635. The van der Waals surface area contributed by atoms with Gasteiger partial charge in [-0.3, -0.25) is 0 Å². The Morgan fingerprint density at radius 1 is 1.56 bits per heavy atom. The van der Waals surface area contributed by atoms with Crippen molar-refractivity contribution < 1.29 is 0 Å². The maximum absolute atomic E-state index is 5.76. The highest BCUT2D eigenvalue weighted by Crippen LogP contribution is 2.34. The SMILES string of the molecule is CSc1c(N)nsc1NCCc1cccs1. The lowest BCUT2D eigenvalue weighted by molar-refractivity contribution is 1.04. The van der Waals surface area contributed by atoms with Gasteiger partial charge in [-0.1, -0.05) is 6.07 Å². The summed E-state index contributed by atoms with van der Waals surface area (Å²) in [6.45, 7) is 0.926. The molecule has 0 aliphatic carbocycles. The first kappa shape index (κ1) is 11.8. The molecule has 16 heavy (non-hydrogen) atoms. The van der Waals surface area contributed by atoms with Gasteiger partial charge in [0.25, 0.3) is 0 Å². The number of rotatable bonds is 5. The first-order valence-electron chi connectivity index (χ1n) is 4.86. The summed E-state index contributed by atoms with van der Waals surface area (Å²) < 4.78 is 4.14. The summed E-state index contributed by atoms with van der Waals surface area (Å²) in [5, 5.41) is 6.57. The Morgan fingerprint density at radius 3 is 3.12 bits per heavy atom. The Hall–Kier alpha value is -0.720. The van der Waals surface area contributed by atoms with Crippen molar-refractivity contribution in [3.8, 4) is 0 Å². The summed E-state index contributed by atoms with van der Waals surface area (Å²) in [6.07, 6.45) is 3.06. The molecule has 0 atom stereocenters. The number of nitrogens with one attached hydrogen (secondary N) is 1. The molecule has 0 bridgehead atoms. The number of hydrogen-bond donors (Lipinski definition) is 2. The second-order valence-electron chi connectivity index (χ2n) is 3.19. The van der Waals surface area contributed by atoms with E-state index >= 15 is 0 Å². The van der Waals surface area contributed by atoms with Gasteiger partial charge in [0, 0.05) is 11.4 Å². The molecule has 0 fully saturated rings. The van der Waals surface area contributed by atoms with Crippen LogP contribution in [0.2, 0.25) is 0 Å². The molecule has 2 aromatic heterocycles. The molecule has 3 N–H and O–H groups in total. The van der Waals surface area contributed by atoms with Crippen LogP contribution in [-0.2, 0) is 6.42 Å². The number of anilines is 2. The molecule has 2 rings (SSSR count). The third-order valence-corrected chi connectivity index (χ3v) is 4.82. The van der Waals surface area contributed by atoms with Crippen molar-refractivity contribution in [2.45, 2.75) is 11.3 Å². The van der Waals surface area contributed by atoms with E-state index < -0.39 is 0 Å². The number of nitrogen functional groups attached to an aromatic ring is 1. The monoisotopic (exact) mass is 271 g/mol. The number of nitrogens with two attached hydrogens (primary N) is 1. The quantitative estimate of drug-likeness (QED) is 0.820. The molecule has 0 radical (unpaired) electrons. The van der Waals surface area contributed by atoms with E-state index in [1.54, 1.807) is 23.1 Å². The van der Waals surface area contributed by atoms with Crippen molar-refractivity contribution in [2.75, 3.05) is 23.9 Å². The highest BCUT2D eigenvalue weighted by atomic mass is 32.2. The van der Waals surface area contributed by atoms with Crippen LogP contribution in [0.4, 0.5) is 10.8 Å². The molecule has 0 saturated carbocycles. The van der Waals surface area contributed by atoms with Crippen molar-refractivity contribution in [3.63, 3.8) is 0 Å². The topological polar surface area (TPSA) is 50.9 Å². The zero-order valence-corrected chi connectivity index (χ0v) is 11.3. The van der Waals surface area contributed by atoms with Gasteiger partial charge in [-0.05, 0) is 35.7 Å². The third-order valence-electron chi connectivity index (χ3n) is 2.12. The Morgan fingerprint density at radius 2 is 2.44 bits per heavy atom. The molecular weight excluding hydrogens is 258 g/mol. The number of aromatic nitrogens is 1. The summed E-state index contributed by atoms with van der Waals surface area (Å²) in [6, 6.07) is 4.24. The predicted octanol–water partition coefficient (Wildman–Crippen LogP) is 3.16. The fourth-order valence-electron chi connectivity index (χ4n) is 1.36. The molecule has 0 unspecified atom stereocenters. The van der Waals surface area contributed by atoms with Crippen LogP contribution < -0.4 is 11.1 Å². The van der Waals surface area contributed by atoms with E-state index in [1.165, 1.54) is 16.4 Å². The molecule has 2 heterocycles. The van der Waals surface area contributed by atoms with Crippen molar-refractivity contribution in [2.24, 2.45) is 0 Å². The summed E-state index contributed by atoms with van der Waals surface area (Å²) in [5.74, 6) is 0.635. The van der Waals surface area contributed by atoms with Gasteiger partial charge in [-0.25, -0.2) is 0 Å². The van der Waals surface area contributed by atoms with Crippen molar-refractivity contribution in [3.05, 3.63) is 22.4 Å². The average Bonchev–Trinajstić information content (AvgIpc) is 2.89. The van der Waals surface area contributed by atoms with Crippen LogP contribution in [0.15, 0.2) is 22.4 Å². The van der Waals surface area contributed by atoms with E-state index in [0.717, 1.165) is 22.9 Å². The molecule has 2 aromatic rings. The summed E-state index contributed by atoms with van der Waals surface area (Å²) in [4.78, 5) is 2.46. The van der Waals surface area contributed by atoms with Crippen LogP contribution in [-0.4, -0.2) is 17.2 Å². The number of thiophene rings is 1. The summed E-state index contributed by atoms with van der Waals surface area (Å²) >= 11 is 4.87. The Labute approximate surface area is 107 Å². The molecule has 0 spiro atoms. The second kappa shape index (κ2) is 5.56. The molecule has 0 aliphatic heterocycles. The third kappa shape index (κ3) is 2.69. The first-order valence-corrected chi connectivity index (χ1v) is 7.74. The van der Waals surface area contributed by atoms with Crippen LogP contribution in [0.3, 0.4) is 0 Å². The first-order chi connectivity index (χ1) is 7.81. The van der Waals surface area contributed by atoms with Crippen LogP contribution in [0.25, 0.3) is 0 Å². The van der Waals surface area contributed by atoms with Gasteiger partial charge in [0.2, 0.25) is 0 Å². The lowest BCUT2D eigenvalue weighted by atomic mass is 10.3. The highest BCUT2D eigenvalue weighted by Gasteiger charge is 2.09. The van der Waals surface area contributed by atoms with Gasteiger partial charge < -0.3 is 11.1 Å². The van der Waals surface area contributed by atoms with E-state index in [9.17, 15) is 0 Å². The smallest absolute Gasteiger partial charge is 0.153 e. The number of hydrogen-bond acceptors (Lipinski definition) is 6. The minimum Gasteiger partial charge on any atom is -0.382 e. The van der Waals surface area contributed by atoms with Gasteiger partial charge in [-0.15, -0.1) is 23.1 Å². The van der Waals surface area contributed by atoms with E-state index in [2.05, 4.69) is 27.2 Å². The molecule has 0 saturated heterocycles.